The molecule has 1 atom stereocenters. The molecule has 1 heterocycles. The van der Waals surface area contributed by atoms with Gasteiger partial charge in [0.15, 0.2) is 5.82 Å². The summed E-state index contributed by atoms with van der Waals surface area (Å²) in [6, 6.07) is 1.04. The third-order valence-corrected chi connectivity index (χ3v) is 3.77. The minimum absolute atomic E-state index is 0.137. The smallest absolute Gasteiger partial charge is 0.286 e. The summed E-state index contributed by atoms with van der Waals surface area (Å²) >= 11 is 3.05. The van der Waals surface area contributed by atoms with Crippen molar-refractivity contribution < 1.29 is 13.2 Å². The molecule has 0 amide bonds. The van der Waals surface area contributed by atoms with Crippen LogP contribution in [0.4, 0.5) is 13.2 Å². The minimum atomic E-state index is -2.77. The predicted molar refractivity (Wildman–Crippen MR) is 65.3 cm³/mol. The molecule has 0 aromatic carbocycles. The maximum absolute atomic E-state index is 13.7. The Kier molecular flexibility index (Phi) is 3.84. The zero-order valence-corrected chi connectivity index (χ0v) is 11.2. The van der Waals surface area contributed by atoms with Crippen LogP contribution in [0.15, 0.2) is 21.5 Å². The number of aromatic nitrogens is 1. The summed E-state index contributed by atoms with van der Waals surface area (Å²) in [4.78, 5) is 11.5. The largest absolute Gasteiger partial charge is 0.311 e. The molecule has 0 N–H and O–H groups in total. The molecule has 100 valence electrons. The first-order valence-corrected chi connectivity index (χ1v) is 6.63. The molecule has 1 saturated carbocycles. The molecule has 1 aliphatic rings. The monoisotopic (exact) mass is 323 g/mol. The summed E-state index contributed by atoms with van der Waals surface area (Å²) < 4.78 is 42.0. The topological polar surface area (TPSA) is 22.0 Å². The number of hydrogen-bond donors (Lipinski definition) is 0. The number of alkyl halides is 2. The summed E-state index contributed by atoms with van der Waals surface area (Å²) in [5, 5.41) is 0. The maximum atomic E-state index is 13.7. The van der Waals surface area contributed by atoms with E-state index >= 15 is 0 Å². The van der Waals surface area contributed by atoms with Crippen LogP contribution in [-0.2, 0) is 6.54 Å². The van der Waals surface area contributed by atoms with E-state index in [2.05, 4.69) is 15.9 Å². The van der Waals surface area contributed by atoms with Gasteiger partial charge in [0.25, 0.3) is 11.5 Å². The molecule has 6 heteroatoms. The van der Waals surface area contributed by atoms with Gasteiger partial charge in [-0.05, 0) is 34.8 Å². The standard InChI is InChI=1S/C12H13BrF3NO/c13-9-5-10(14)11(18)17(7-9)6-8-3-1-2-4-12(8,15)16/h5,7-8H,1-4,6H2. The second-order valence-corrected chi connectivity index (χ2v) is 5.58. The molecule has 1 aliphatic carbocycles. The lowest BCUT2D eigenvalue weighted by Gasteiger charge is -2.31. The molecule has 1 aromatic heterocycles. The second-order valence-electron chi connectivity index (χ2n) is 4.67. The molecule has 1 fully saturated rings. The Morgan fingerprint density at radius 3 is 2.83 bits per heavy atom. The normalized spacial score (nSPS) is 23.0. The van der Waals surface area contributed by atoms with Crippen molar-refractivity contribution >= 4 is 15.9 Å². The van der Waals surface area contributed by atoms with Crippen LogP contribution in [-0.4, -0.2) is 10.5 Å². The molecule has 2 nitrogen and oxygen atoms in total. The van der Waals surface area contributed by atoms with Crippen LogP contribution in [0.25, 0.3) is 0 Å². The van der Waals surface area contributed by atoms with Crippen LogP contribution in [0.5, 0.6) is 0 Å². The fraction of sp³-hybridized carbons (Fsp3) is 0.583. The zero-order chi connectivity index (χ0) is 13.3. The Labute approximate surface area is 111 Å². The molecule has 1 aromatic rings. The van der Waals surface area contributed by atoms with Crippen LogP contribution < -0.4 is 5.56 Å². The molecule has 0 bridgehead atoms. The van der Waals surface area contributed by atoms with E-state index in [0.29, 0.717) is 17.3 Å². The van der Waals surface area contributed by atoms with Gasteiger partial charge in [0, 0.05) is 29.6 Å². The molecule has 18 heavy (non-hydrogen) atoms. The number of halogens is 4. The van der Waals surface area contributed by atoms with Crippen molar-refractivity contribution in [2.45, 2.75) is 38.2 Å². The van der Waals surface area contributed by atoms with Crippen LogP contribution in [0.2, 0.25) is 0 Å². The zero-order valence-electron chi connectivity index (χ0n) is 9.63. The van der Waals surface area contributed by atoms with E-state index in [9.17, 15) is 18.0 Å². The lowest BCUT2D eigenvalue weighted by molar-refractivity contribution is -0.0912. The van der Waals surface area contributed by atoms with Gasteiger partial charge in [-0.1, -0.05) is 6.42 Å². The minimum Gasteiger partial charge on any atom is -0.311 e. The van der Waals surface area contributed by atoms with Crippen LogP contribution in [0.1, 0.15) is 25.7 Å². The van der Waals surface area contributed by atoms with Crippen molar-refractivity contribution in [1.29, 1.82) is 0 Å². The molecule has 2 rings (SSSR count). The number of nitrogens with zero attached hydrogens (tertiary/aromatic N) is 1. The molecule has 1 unspecified atom stereocenters. The van der Waals surface area contributed by atoms with E-state index in [1.807, 2.05) is 0 Å². The molecule has 0 spiro atoms. The average molecular weight is 324 g/mol. The summed E-state index contributed by atoms with van der Waals surface area (Å²) in [5.74, 6) is -4.59. The molecule has 0 radical (unpaired) electrons. The quantitative estimate of drug-likeness (QED) is 0.815. The van der Waals surface area contributed by atoms with Crippen molar-refractivity contribution in [3.8, 4) is 0 Å². The Morgan fingerprint density at radius 2 is 2.17 bits per heavy atom. The van der Waals surface area contributed by atoms with Gasteiger partial charge < -0.3 is 4.57 Å². The highest BCUT2D eigenvalue weighted by molar-refractivity contribution is 9.10. The second kappa shape index (κ2) is 5.07. The Balaban J connectivity index is 2.26. The Bertz CT molecular complexity index is 501. The first-order chi connectivity index (χ1) is 8.40. The molecule has 0 saturated heterocycles. The van der Waals surface area contributed by atoms with Crippen molar-refractivity contribution in [3.05, 3.63) is 32.9 Å². The van der Waals surface area contributed by atoms with Crippen molar-refractivity contribution in [3.63, 3.8) is 0 Å². The Hall–Kier alpha value is -0.780. The third kappa shape index (κ3) is 2.79. The van der Waals surface area contributed by atoms with Gasteiger partial charge in [0.2, 0.25) is 0 Å². The first kappa shape index (κ1) is 13.6. The van der Waals surface area contributed by atoms with E-state index in [0.717, 1.165) is 17.1 Å². The van der Waals surface area contributed by atoms with Crippen LogP contribution in [0, 0.1) is 11.7 Å². The van der Waals surface area contributed by atoms with Gasteiger partial charge in [-0.15, -0.1) is 0 Å². The summed E-state index contributed by atoms with van der Waals surface area (Å²) in [6.07, 6.45) is 2.81. The van der Waals surface area contributed by atoms with Gasteiger partial charge in [-0.2, -0.15) is 0 Å². The first-order valence-electron chi connectivity index (χ1n) is 5.83. The summed E-state index contributed by atoms with van der Waals surface area (Å²) in [7, 11) is 0. The molecular formula is C12H13BrF3NO. The van der Waals surface area contributed by atoms with Gasteiger partial charge in [-0.25, -0.2) is 13.2 Å². The lowest BCUT2D eigenvalue weighted by atomic mass is 9.85. The van der Waals surface area contributed by atoms with Gasteiger partial charge >= 0.3 is 0 Å². The lowest BCUT2D eigenvalue weighted by Crippen LogP contribution is -2.37. The van der Waals surface area contributed by atoms with E-state index in [1.165, 1.54) is 6.20 Å². The van der Waals surface area contributed by atoms with Gasteiger partial charge in [-0.3, -0.25) is 4.79 Å². The van der Waals surface area contributed by atoms with E-state index < -0.39 is 23.2 Å². The number of pyridine rings is 1. The van der Waals surface area contributed by atoms with E-state index in [1.54, 1.807) is 0 Å². The fourth-order valence-corrected chi connectivity index (χ4v) is 2.78. The number of rotatable bonds is 2. The highest BCUT2D eigenvalue weighted by Gasteiger charge is 2.41. The fourth-order valence-electron chi connectivity index (χ4n) is 2.33. The van der Waals surface area contributed by atoms with Crippen LogP contribution in [0.3, 0.4) is 0 Å². The van der Waals surface area contributed by atoms with Gasteiger partial charge in [0.1, 0.15) is 0 Å². The van der Waals surface area contributed by atoms with Gasteiger partial charge in [0.05, 0.1) is 0 Å². The SMILES string of the molecule is O=c1c(F)cc(Br)cn1CC1CCCCC1(F)F. The van der Waals surface area contributed by atoms with Crippen molar-refractivity contribution in [1.82, 2.24) is 4.57 Å². The highest BCUT2D eigenvalue weighted by atomic mass is 79.9. The summed E-state index contributed by atoms with van der Waals surface area (Å²) in [5.41, 5.74) is -0.848. The predicted octanol–water partition coefficient (Wildman–Crippen LogP) is 3.58. The van der Waals surface area contributed by atoms with Crippen molar-refractivity contribution in [2.24, 2.45) is 5.92 Å². The van der Waals surface area contributed by atoms with Crippen molar-refractivity contribution in [2.75, 3.05) is 0 Å². The Morgan fingerprint density at radius 1 is 1.44 bits per heavy atom. The third-order valence-electron chi connectivity index (χ3n) is 3.34. The average Bonchev–Trinajstić information content (AvgIpc) is 2.27. The molecule has 0 aliphatic heterocycles. The summed E-state index contributed by atoms with van der Waals surface area (Å²) in [6.45, 7) is -0.137. The van der Waals surface area contributed by atoms with E-state index in [4.69, 9.17) is 0 Å². The van der Waals surface area contributed by atoms with Crippen LogP contribution >= 0.6 is 15.9 Å². The number of hydrogen-bond acceptors (Lipinski definition) is 1. The molecular weight excluding hydrogens is 311 g/mol. The maximum Gasteiger partial charge on any atom is 0.286 e. The highest BCUT2D eigenvalue weighted by Crippen LogP contribution is 2.39. The van der Waals surface area contributed by atoms with E-state index in [-0.39, 0.29) is 13.0 Å².